The zero-order valence-electron chi connectivity index (χ0n) is 32.6. The normalized spacial score (nSPS) is 22.1. The number of hydrogen-bond donors (Lipinski definition) is 1. The van der Waals surface area contributed by atoms with Crippen LogP contribution in [-0.2, 0) is 30.9 Å². The van der Waals surface area contributed by atoms with Gasteiger partial charge >= 0.3 is 12.1 Å². The van der Waals surface area contributed by atoms with Crippen LogP contribution < -0.4 is 4.74 Å². The average Bonchev–Trinajstić information content (AvgIpc) is 3.17. The summed E-state index contributed by atoms with van der Waals surface area (Å²) in [4.78, 5) is 26.1. The van der Waals surface area contributed by atoms with Crippen LogP contribution in [0.2, 0.25) is 0 Å². The summed E-state index contributed by atoms with van der Waals surface area (Å²) < 4.78 is 48.6. The standard InChI is InChI=1S/C44H56N2O8S/c1-30(2)24-39-44(18-22-46(23-19-44)55(50,51)36-16-20-45(21-17-36)43(49)53-28-33-12-8-6-9-13-33)27-37(31(3)4)42(54-39)41-32(5)25-35(34-14-10-7-11-15-34)26-38(41)52-29-40(47)48/h6-15,25-26,30,36-37,39,42H,3,16-24,27-29H2,1-2,4-5H3,(H,47,48)/t37-,39+,42+/m0/s1. The Morgan fingerprint density at radius 2 is 1.60 bits per heavy atom. The highest BCUT2D eigenvalue weighted by molar-refractivity contribution is 7.89. The summed E-state index contributed by atoms with van der Waals surface area (Å²) in [5.74, 6) is -0.321. The van der Waals surface area contributed by atoms with Gasteiger partial charge in [-0.25, -0.2) is 22.3 Å². The first-order valence-corrected chi connectivity index (χ1v) is 21.1. The van der Waals surface area contributed by atoms with Crippen molar-refractivity contribution in [2.75, 3.05) is 32.8 Å². The third-order valence-corrected chi connectivity index (χ3v) is 14.2. The zero-order chi connectivity index (χ0) is 39.3. The molecule has 10 nitrogen and oxygen atoms in total. The van der Waals surface area contributed by atoms with Gasteiger partial charge in [0.1, 0.15) is 12.4 Å². The fourth-order valence-electron chi connectivity index (χ4n) is 8.78. The number of carboxylic acid groups (broad SMARTS) is 1. The lowest BCUT2D eigenvalue weighted by molar-refractivity contribution is -0.173. The highest BCUT2D eigenvalue weighted by Crippen LogP contribution is 2.56. The lowest BCUT2D eigenvalue weighted by atomic mass is 9.62. The molecular formula is C44H56N2O8S. The van der Waals surface area contributed by atoms with Crippen molar-refractivity contribution in [3.63, 3.8) is 0 Å². The Bertz CT molecular complexity index is 1920. The molecule has 3 atom stereocenters. The number of rotatable bonds is 12. The lowest BCUT2D eigenvalue weighted by Gasteiger charge is -2.54. The van der Waals surface area contributed by atoms with Crippen molar-refractivity contribution < 1.29 is 37.3 Å². The second-order valence-electron chi connectivity index (χ2n) is 16.1. The molecule has 0 saturated carbocycles. The molecule has 3 saturated heterocycles. The number of carbonyl (C=O) groups excluding carboxylic acids is 1. The Kier molecular flexibility index (Phi) is 12.7. The summed E-state index contributed by atoms with van der Waals surface area (Å²) in [6.07, 6.45) is 2.68. The molecule has 0 aliphatic carbocycles. The largest absolute Gasteiger partial charge is 0.481 e. The number of nitrogens with zero attached hydrogens (tertiary/aromatic N) is 2. The first-order valence-electron chi connectivity index (χ1n) is 19.6. The van der Waals surface area contributed by atoms with E-state index >= 15 is 0 Å². The third-order valence-electron chi connectivity index (χ3n) is 11.8. The number of ether oxygens (including phenoxy) is 3. The fraction of sp³-hybridized carbons (Fsp3) is 0.500. The van der Waals surface area contributed by atoms with Crippen molar-refractivity contribution in [1.29, 1.82) is 0 Å². The Hall–Kier alpha value is -4.19. The molecule has 0 aromatic heterocycles. The topological polar surface area (TPSA) is 123 Å². The van der Waals surface area contributed by atoms with Crippen LogP contribution in [0.5, 0.6) is 5.75 Å². The van der Waals surface area contributed by atoms with Crippen molar-refractivity contribution >= 4 is 22.1 Å². The van der Waals surface area contributed by atoms with Crippen LogP contribution >= 0.6 is 0 Å². The molecule has 3 aliphatic rings. The predicted molar refractivity (Wildman–Crippen MR) is 213 cm³/mol. The van der Waals surface area contributed by atoms with Crippen LogP contribution in [0, 0.1) is 24.2 Å². The van der Waals surface area contributed by atoms with E-state index in [1.807, 2.05) is 80.6 Å². The summed E-state index contributed by atoms with van der Waals surface area (Å²) in [6.45, 7) is 14.0. The summed E-state index contributed by atoms with van der Waals surface area (Å²) in [6, 6.07) is 23.5. The highest BCUT2D eigenvalue weighted by Gasteiger charge is 2.52. The maximum Gasteiger partial charge on any atom is 0.410 e. The molecule has 0 bridgehead atoms. The van der Waals surface area contributed by atoms with E-state index in [0.717, 1.165) is 46.2 Å². The van der Waals surface area contributed by atoms with E-state index in [1.165, 1.54) is 0 Å². The van der Waals surface area contributed by atoms with E-state index in [-0.39, 0.29) is 24.0 Å². The Morgan fingerprint density at radius 3 is 2.20 bits per heavy atom. The van der Waals surface area contributed by atoms with Crippen LogP contribution in [-0.4, -0.2) is 78.9 Å². The van der Waals surface area contributed by atoms with E-state index in [2.05, 4.69) is 26.5 Å². The number of benzene rings is 3. The highest BCUT2D eigenvalue weighted by atomic mass is 32.2. The maximum atomic E-state index is 14.1. The van der Waals surface area contributed by atoms with Gasteiger partial charge in [0.05, 0.1) is 17.5 Å². The van der Waals surface area contributed by atoms with Gasteiger partial charge in [-0.3, -0.25) is 0 Å². The quantitative estimate of drug-likeness (QED) is 0.182. The van der Waals surface area contributed by atoms with E-state index in [4.69, 9.17) is 14.2 Å². The molecule has 0 radical (unpaired) electrons. The third kappa shape index (κ3) is 9.27. The smallest absolute Gasteiger partial charge is 0.410 e. The number of piperidine rings is 2. The van der Waals surface area contributed by atoms with E-state index in [1.54, 1.807) is 9.21 Å². The average molecular weight is 773 g/mol. The van der Waals surface area contributed by atoms with Crippen molar-refractivity contribution in [2.45, 2.75) is 90.3 Å². The zero-order valence-corrected chi connectivity index (χ0v) is 33.4. The number of aryl methyl sites for hydroxylation is 1. The number of carbonyl (C=O) groups is 2. The van der Waals surface area contributed by atoms with Crippen molar-refractivity contribution in [1.82, 2.24) is 9.21 Å². The van der Waals surface area contributed by atoms with Crippen molar-refractivity contribution in [3.05, 3.63) is 102 Å². The first-order chi connectivity index (χ1) is 26.3. The van der Waals surface area contributed by atoms with Crippen molar-refractivity contribution in [3.8, 4) is 16.9 Å². The van der Waals surface area contributed by atoms with Gasteiger partial charge in [0, 0.05) is 37.7 Å². The minimum absolute atomic E-state index is 0.0917. The Balaban J connectivity index is 1.18. The number of amides is 1. The number of likely N-dealkylation sites (tertiary alicyclic amines) is 1. The van der Waals surface area contributed by atoms with E-state index in [0.29, 0.717) is 63.5 Å². The molecular weight excluding hydrogens is 717 g/mol. The van der Waals surface area contributed by atoms with Gasteiger partial charge < -0.3 is 24.2 Å². The molecule has 6 rings (SSSR count). The van der Waals surface area contributed by atoms with E-state index in [9.17, 15) is 23.1 Å². The minimum Gasteiger partial charge on any atom is -0.481 e. The van der Waals surface area contributed by atoms with Crippen molar-refractivity contribution in [2.24, 2.45) is 17.3 Å². The molecule has 11 heteroatoms. The molecule has 3 fully saturated rings. The Labute approximate surface area is 326 Å². The SMILES string of the molecule is C=C(C)[C@@H]1CC2(CCN(S(=O)(=O)C3CCN(C(=O)OCc4ccccc4)CC3)CC2)[C@@H](CC(C)C)O[C@H]1c1c(C)cc(-c2ccccc2)cc1OCC(=O)O. The lowest BCUT2D eigenvalue weighted by Crippen LogP contribution is -2.55. The molecule has 55 heavy (non-hydrogen) atoms. The van der Waals surface area contributed by atoms with Crippen LogP contribution in [0.1, 0.15) is 82.1 Å². The van der Waals surface area contributed by atoms with Gasteiger partial charge in [0.2, 0.25) is 10.0 Å². The molecule has 1 amide bonds. The number of hydrogen-bond acceptors (Lipinski definition) is 7. The molecule has 0 unspecified atom stereocenters. The minimum atomic E-state index is -3.59. The summed E-state index contributed by atoms with van der Waals surface area (Å²) in [5.41, 5.74) is 5.34. The van der Waals surface area contributed by atoms with Crippen LogP contribution in [0.25, 0.3) is 11.1 Å². The molecule has 3 aromatic carbocycles. The summed E-state index contributed by atoms with van der Waals surface area (Å²) in [7, 11) is -3.59. The predicted octanol–water partition coefficient (Wildman–Crippen LogP) is 8.41. The summed E-state index contributed by atoms with van der Waals surface area (Å²) >= 11 is 0. The first kappa shape index (κ1) is 40.5. The number of sulfonamides is 1. The monoisotopic (exact) mass is 772 g/mol. The maximum absolute atomic E-state index is 14.1. The van der Waals surface area contributed by atoms with Crippen LogP contribution in [0.15, 0.2) is 84.9 Å². The molecule has 1 spiro atoms. The number of aliphatic carboxylic acids is 1. The van der Waals surface area contributed by atoms with Gasteiger partial charge in [-0.05, 0) is 92.0 Å². The van der Waals surface area contributed by atoms with Gasteiger partial charge in [-0.15, -0.1) is 0 Å². The van der Waals surface area contributed by atoms with Gasteiger partial charge in [-0.1, -0.05) is 92.7 Å². The summed E-state index contributed by atoms with van der Waals surface area (Å²) in [5, 5.41) is 9.04. The molecule has 1 N–H and O–H groups in total. The molecule has 3 heterocycles. The van der Waals surface area contributed by atoms with Gasteiger partial charge in [0.25, 0.3) is 0 Å². The second-order valence-corrected chi connectivity index (χ2v) is 18.3. The van der Waals surface area contributed by atoms with Crippen LogP contribution in [0.3, 0.4) is 0 Å². The van der Waals surface area contributed by atoms with Gasteiger partial charge in [-0.2, -0.15) is 0 Å². The van der Waals surface area contributed by atoms with E-state index < -0.39 is 40.0 Å². The number of carboxylic acids is 1. The Morgan fingerprint density at radius 1 is 0.964 bits per heavy atom. The van der Waals surface area contributed by atoms with Crippen LogP contribution in [0.4, 0.5) is 4.79 Å². The fourth-order valence-corrected chi connectivity index (χ4v) is 10.7. The second kappa shape index (κ2) is 17.3. The van der Waals surface area contributed by atoms with Gasteiger partial charge in [0.15, 0.2) is 6.61 Å². The molecule has 296 valence electrons. The molecule has 3 aliphatic heterocycles. The molecule has 3 aromatic rings.